The summed E-state index contributed by atoms with van der Waals surface area (Å²) in [4.78, 5) is 37.4. The number of rotatable bonds is 2. The fourth-order valence-electron chi connectivity index (χ4n) is 5.25. The second kappa shape index (κ2) is 6.31. The number of nitrogens with two attached hydrogens (primary N) is 1. The fourth-order valence-corrected chi connectivity index (χ4v) is 5.25. The summed E-state index contributed by atoms with van der Waals surface area (Å²) in [6.07, 6.45) is 2.73. The van der Waals surface area contributed by atoms with E-state index in [9.17, 15) is 34.8 Å². The van der Waals surface area contributed by atoms with Crippen LogP contribution in [0.3, 0.4) is 0 Å². The number of carbonyl (C=O) groups is 3. The van der Waals surface area contributed by atoms with E-state index in [0.717, 1.165) is 24.8 Å². The van der Waals surface area contributed by atoms with Crippen LogP contribution in [-0.4, -0.2) is 43.5 Å². The summed E-state index contributed by atoms with van der Waals surface area (Å²) in [6.45, 7) is 0. The lowest BCUT2D eigenvalue weighted by molar-refractivity contribution is -0.125. The molecule has 3 aliphatic rings. The molecule has 3 aliphatic carbocycles. The highest BCUT2D eigenvalue weighted by Crippen LogP contribution is 2.50. The van der Waals surface area contributed by atoms with Crippen molar-refractivity contribution in [2.24, 2.45) is 11.7 Å². The average molecular weight is 423 g/mol. The van der Waals surface area contributed by atoms with Crippen LogP contribution in [0.5, 0.6) is 11.5 Å². The number of hydrogen-bond acceptors (Lipinski definition) is 7. The third-order valence-electron chi connectivity index (χ3n) is 7.10. The molecular formula is C23H21NO7. The summed E-state index contributed by atoms with van der Waals surface area (Å²) in [7, 11) is 0. The van der Waals surface area contributed by atoms with Gasteiger partial charge in [-0.05, 0) is 53.8 Å². The van der Waals surface area contributed by atoms with Crippen molar-refractivity contribution in [3.8, 4) is 11.5 Å². The SMILES string of the molecule is NC(=O)C1=C(O)[C@@]2(O)C(=O)c3c(cc4c(C5CCC5)ccc(O)c4c3O)C[C@H]2CC1=O. The summed E-state index contributed by atoms with van der Waals surface area (Å²) >= 11 is 0. The largest absolute Gasteiger partial charge is 0.508 e. The van der Waals surface area contributed by atoms with Gasteiger partial charge in [-0.1, -0.05) is 12.5 Å². The second-order valence-electron chi connectivity index (χ2n) is 8.70. The number of ketones is 2. The van der Waals surface area contributed by atoms with E-state index in [4.69, 9.17) is 5.73 Å². The standard InChI is InChI=1S/C23H21NO7/c24-22(30)18-15(26)8-11-6-10-7-13-12(9-2-1-3-9)4-5-14(25)17(13)19(27)16(10)20(28)23(11,31)21(18)29/h4-5,7,9,11,25,27,29,31H,1-3,6,8H2,(H2,24,30)/t11-,23-/m0/s1. The molecule has 6 N–H and O–H groups in total. The molecule has 1 fully saturated rings. The van der Waals surface area contributed by atoms with Gasteiger partial charge in [-0.15, -0.1) is 0 Å². The van der Waals surface area contributed by atoms with Crippen LogP contribution in [0.15, 0.2) is 29.5 Å². The summed E-state index contributed by atoms with van der Waals surface area (Å²) < 4.78 is 0. The third-order valence-corrected chi connectivity index (χ3v) is 7.10. The highest BCUT2D eigenvalue weighted by atomic mass is 16.3. The molecule has 1 saturated carbocycles. The van der Waals surface area contributed by atoms with Gasteiger partial charge in [0.05, 0.1) is 10.9 Å². The molecule has 0 unspecified atom stereocenters. The van der Waals surface area contributed by atoms with Crippen LogP contribution >= 0.6 is 0 Å². The van der Waals surface area contributed by atoms with Crippen LogP contribution in [0.1, 0.15) is 53.1 Å². The molecule has 8 nitrogen and oxygen atoms in total. The molecular weight excluding hydrogens is 402 g/mol. The molecule has 0 radical (unpaired) electrons. The maximum absolute atomic E-state index is 13.4. The van der Waals surface area contributed by atoms with E-state index >= 15 is 0 Å². The van der Waals surface area contributed by atoms with Gasteiger partial charge in [0.25, 0.3) is 5.91 Å². The zero-order valence-corrected chi connectivity index (χ0v) is 16.5. The Kier molecular flexibility index (Phi) is 3.98. The number of fused-ring (bicyclic) bond motifs is 3. The normalized spacial score (nSPS) is 25.9. The van der Waals surface area contributed by atoms with Gasteiger partial charge < -0.3 is 26.2 Å². The van der Waals surface area contributed by atoms with E-state index in [0.29, 0.717) is 10.9 Å². The van der Waals surface area contributed by atoms with Crippen LogP contribution in [0, 0.1) is 5.92 Å². The Labute approximate surface area is 176 Å². The molecule has 0 aromatic heterocycles. The minimum Gasteiger partial charge on any atom is -0.508 e. The number of primary amides is 1. The zero-order valence-electron chi connectivity index (χ0n) is 16.5. The van der Waals surface area contributed by atoms with Gasteiger partial charge >= 0.3 is 0 Å². The van der Waals surface area contributed by atoms with Crippen molar-refractivity contribution in [2.45, 2.75) is 43.6 Å². The Bertz CT molecular complexity index is 1240. The predicted molar refractivity (Wildman–Crippen MR) is 109 cm³/mol. The van der Waals surface area contributed by atoms with E-state index in [2.05, 4.69) is 0 Å². The molecule has 160 valence electrons. The first-order chi connectivity index (χ1) is 14.7. The average Bonchev–Trinajstić information content (AvgIpc) is 2.65. The number of aliphatic hydroxyl groups excluding tert-OH is 1. The Balaban J connectivity index is 1.77. The van der Waals surface area contributed by atoms with Crippen molar-refractivity contribution in [2.75, 3.05) is 0 Å². The zero-order chi connectivity index (χ0) is 22.2. The van der Waals surface area contributed by atoms with Crippen molar-refractivity contribution in [1.29, 1.82) is 0 Å². The molecule has 2 aromatic rings. The van der Waals surface area contributed by atoms with Gasteiger partial charge in [0, 0.05) is 12.3 Å². The molecule has 5 rings (SSSR count). The maximum Gasteiger partial charge on any atom is 0.255 e. The van der Waals surface area contributed by atoms with Crippen LogP contribution < -0.4 is 5.73 Å². The second-order valence-corrected chi connectivity index (χ2v) is 8.70. The Morgan fingerprint density at radius 1 is 1.10 bits per heavy atom. The van der Waals surface area contributed by atoms with Gasteiger partial charge in [-0.2, -0.15) is 0 Å². The molecule has 2 aromatic carbocycles. The molecule has 0 heterocycles. The van der Waals surface area contributed by atoms with Crippen LogP contribution in [0.4, 0.5) is 0 Å². The first-order valence-electron chi connectivity index (χ1n) is 10.2. The Morgan fingerprint density at radius 2 is 1.81 bits per heavy atom. The Hall–Kier alpha value is -3.39. The van der Waals surface area contributed by atoms with E-state index in [1.807, 2.05) is 6.07 Å². The monoisotopic (exact) mass is 423 g/mol. The van der Waals surface area contributed by atoms with E-state index in [-0.39, 0.29) is 35.5 Å². The molecule has 1 amide bonds. The van der Waals surface area contributed by atoms with Crippen molar-refractivity contribution in [3.05, 3.63) is 46.2 Å². The van der Waals surface area contributed by atoms with Gasteiger partial charge in [0.15, 0.2) is 11.4 Å². The number of aromatic hydroxyl groups is 2. The lowest BCUT2D eigenvalue weighted by atomic mass is 9.64. The lowest BCUT2D eigenvalue weighted by Gasteiger charge is -2.42. The number of phenolic OH excluding ortho intramolecular Hbond substituents is 2. The third kappa shape index (κ3) is 2.42. The lowest BCUT2D eigenvalue weighted by Crippen LogP contribution is -2.56. The van der Waals surface area contributed by atoms with Crippen molar-refractivity contribution >= 4 is 28.2 Å². The molecule has 2 atom stereocenters. The minimum atomic E-state index is -2.56. The fraction of sp³-hybridized carbons (Fsp3) is 0.348. The number of amides is 1. The number of phenols is 2. The summed E-state index contributed by atoms with van der Waals surface area (Å²) in [5.41, 5.74) is 2.95. The number of benzene rings is 2. The number of carbonyl (C=O) groups excluding carboxylic acids is 3. The van der Waals surface area contributed by atoms with Gasteiger partial charge in [0.1, 0.15) is 22.8 Å². The van der Waals surface area contributed by atoms with Crippen LogP contribution in [0.2, 0.25) is 0 Å². The van der Waals surface area contributed by atoms with Gasteiger partial charge in [0.2, 0.25) is 5.78 Å². The number of aliphatic hydroxyl groups is 2. The maximum atomic E-state index is 13.4. The smallest absolute Gasteiger partial charge is 0.255 e. The van der Waals surface area contributed by atoms with Gasteiger partial charge in [-0.25, -0.2) is 0 Å². The van der Waals surface area contributed by atoms with E-state index < -0.39 is 46.1 Å². The predicted octanol–water partition coefficient (Wildman–Crippen LogP) is 1.87. The molecule has 0 bridgehead atoms. The summed E-state index contributed by atoms with van der Waals surface area (Å²) in [5.74, 6) is -5.51. The topological polar surface area (TPSA) is 158 Å². The first kappa shape index (κ1) is 19.6. The van der Waals surface area contributed by atoms with Crippen molar-refractivity contribution < 1.29 is 34.8 Å². The van der Waals surface area contributed by atoms with Crippen LogP contribution in [0.25, 0.3) is 10.8 Å². The Morgan fingerprint density at radius 3 is 2.42 bits per heavy atom. The van der Waals surface area contributed by atoms with Crippen molar-refractivity contribution in [1.82, 2.24) is 0 Å². The van der Waals surface area contributed by atoms with E-state index in [1.165, 1.54) is 6.07 Å². The molecule has 8 heteroatoms. The summed E-state index contributed by atoms with van der Waals surface area (Å²) in [5, 5.41) is 43.9. The summed E-state index contributed by atoms with van der Waals surface area (Å²) in [6, 6.07) is 4.99. The van der Waals surface area contributed by atoms with Crippen LogP contribution in [-0.2, 0) is 16.0 Å². The highest BCUT2D eigenvalue weighted by molar-refractivity contribution is 6.23. The molecule has 0 saturated heterocycles. The minimum absolute atomic E-state index is 0.0165. The van der Waals surface area contributed by atoms with Crippen molar-refractivity contribution in [3.63, 3.8) is 0 Å². The highest BCUT2D eigenvalue weighted by Gasteiger charge is 2.57. The quantitative estimate of drug-likeness (QED) is 0.461. The van der Waals surface area contributed by atoms with E-state index in [1.54, 1.807) is 6.07 Å². The molecule has 31 heavy (non-hydrogen) atoms. The molecule has 0 aliphatic heterocycles. The number of hydrogen-bond donors (Lipinski definition) is 5. The first-order valence-corrected chi connectivity index (χ1v) is 10.2. The number of Topliss-reactive ketones (excluding diaryl/α,β-unsaturated/α-hetero) is 2. The molecule has 0 spiro atoms. The van der Waals surface area contributed by atoms with Gasteiger partial charge in [-0.3, -0.25) is 14.4 Å².